The normalized spacial score (nSPS) is 11.4. The van der Waals surface area contributed by atoms with Crippen LogP contribution in [0.15, 0.2) is 77.2 Å². The maximum Gasteiger partial charge on any atom is 0.246 e. The predicted molar refractivity (Wildman–Crippen MR) is 103 cm³/mol. The number of hydrogen-bond acceptors (Lipinski definition) is 3. The second-order valence-corrected chi connectivity index (χ2v) is 6.19. The van der Waals surface area contributed by atoms with Crippen LogP contribution in [0.2, 0.25) is 0 Å². The second-order valence-electron chi connectivity index (χ2n) is 6.19. The fourth-order valence-electron chi connectivity index (χ4n) is 2.99. The number of oxazole rings is 1. The van der Waals surface area contributed by atoms with Gasteiger partial charge in [0, 0.05) is 25.7 Å². The number of para-hydroxylation sites is 2. The highest BCUT2D eigenvalue weighted by atomic mass is 16.3. The zero-order valence-electron chi connectivity index (χ0n) is 14.4. The van der Waals surface area contributed by atoms with E-state index in [1.807, 2.05) is 42.5 Å². The summed E-state index contributed by atoms with van der Waals surface area (Å²) >= 11 is 0. The van der Waals surface area contributed by atoms with E-state index in [2.05, 4.69) is 29.2 Å². The molecule has 0 aliphatic heterocycles. The number of carbonyl (C=O) groups is 1. The Bertz CT molecular complexity index is 1070. The van der Waals surface area contributed by atoms with Crippen LogP contribution in [0.1, 0.15) is 11.5 Å². The van der Waals surface area contributed by atoms with Crippen LogP contribution in [0.25, 0.3) is 27.9 Å². The third-order valence-corrected chi connectivity index (χ3v) is 4.34. The van der Waals surface area contributed by atoms with Crippen molar-refractivity contribution in [1.82, 2.24) is 9.88 Å². The highest BCUT2D eigenvalue weighted by Gasteiger charge is 2.09. The minimum absolute atomic E-state index is 0.0970. The Labute approximate surface area is 151 Å². The van der Waals surface area contributed by atoms with Crippen molar-refractivity contribution in [2.45, 2.75) is 6.54 Å². The average Bonchev–Trinajstić information content (AvgIpc) is 3.09. The van der Waals surface area contributed by atoms with Crippen LogP contribution in [-0.2, 0) is 11.3 Å². The van der Waals surface area contributed by atoms with Gasteiger partial charge in [-0.1, -0.05) is 54.6 Å². The minimum Gasteiger partial charge on any atom is -0.437 e. The molecular formula is C22H18N2O2. The molecule has 1 heterocycles. The number of hydrogen-bond donors (Lipinski definition) is 0. The highest BCUT2D eigenvalue weighted by molar-refractivity contribution is 5.92. The van der Waals surface area contributed by atoms with Gasteiger partial charge in [-0.3, -0.25) is 4.79 Å². The first-order valence-electron chi connectivity index (χ1n) is 8.46. The van der Waals surface area contributed by atoms with E-state index in [4.69, 9.17) is 4.42 Å². The number of carbonyl (C=O) groups excluding carboxylic acids is 1. The number of fused-ring (bicyclic) bond motifs is 2. The molecule has 0 spiro atoms. The van der Waals surface area contributed by atoms with Crippen LogP contribution >= 0.6 is 0 Å². The summed E-state index contributed by atoms with van der Waals surface area (Å²) in [4.78, 5) is 18.5. The van der Waals surface area contributed by atoms with E-state index in [9.17, 15) is 4.79 Å². The van der Waals surface area contributed by atoms with E-state index in [1.54, 1.807) is 18.0 Å². The summed E-state index contributed by atoms with van der Waals surface area (Å²) in [5.41, 5.74) is 2.61. The Balaban J connectivity index is 1.50. The van der Waals surface area contributed by atoms with Crippen LogP contribution in [0.3, 0.4) is 0 Å². The summed E-state index contributed by atoms with van der Waals surface area (Å²) in [6.45, 7) is 0.540. The molecule has 3 aromatic carbocycles. The zero-order chi connectivity index (χ0) is 17.9. The molecular weight excluding hydrogens is 324 g/mol. The lowest BCUT2D eigenvalue weighted by atomic mass is 10.0. The molecule has 4 rings (SSSR count). The van der Waals surface area contributed by atoms with E-state index in [-0.39, 0.29) is 5.91 Å². The number of benzene rings is 3. The van der Waals surface area contributed by atoms with E-state index >= 15 is 0 Å². The molecule has 26 heavy (non-hydrogen) atoms. The smallest absolute Gasteiger partial charge is 0.246 e. The van der Waals surface area contributed by atoms with Gasteiger partial charge in [-0.15, -0.1) is 0 Å². The van der Waals surface area contributed by atoms with Crippen molar-refractivity contribution in [2.75, 3.05) is 7.05 Å². The molecule has 0 radical (unpaired) electrons. The van der Waals surface area contributed by atoms with Crippen molar-refractivity contribution in [1.29, 1.82) is 0 Å². The number of aromatic nitrogens is 1. The molecule has 0 N–H and O–H groups in total. The molecule has 0 aliphatic carbocycles. The molecule has 128 valence electrons. The lowest BCUT2D eigenvalue weighted by Crippen LogP contribution is -2.24. The lowest BCUT2D eigenvalue weighted by molar-refractivity contribution is -0.125. The predicted octanol–water partition coefficient (Wildman–Crippen LogP) is 4.65. The standard InChI is InChI=1S/C22H18N2O2/c1-24(15-17-9-6-8-16-7-2-3-10-18(16)17)22(25)14-13-21-23-19-11-4-5-12-20(19)26-21/h2-14H,15H2,1H3/b14-13+. The zero-order valence-corrected chi connectivity index (χ0v) is 14.4. The van der Waals surface area contributed by atoms with Crippen LogP contribution in [0.4, 0.5) is 0 Å². The molecule has 4 aromatic rings. The van der Waals surface area contributed by atoms with Gasteiger partial charge in [-0.2, -0.15) is 0 Å². The van der Waals surface area contributed by atoms with Crippen molar-refractivity contribution in [3.05, 3.63) is 84.3 Å². The summed E-state index contributed by atoms with van der Waals surface area (Å²) in [6.07, 6.45) is 3.11. The molecule has 0 aliphatic rings. The molecule has 1 aromatic heterocycles. The van der Waals surface area contributed by atoms with Crippen LogP contribution in [0, 0.1) is 0 Å². The Morgan fingerprint density at radius 1 is 1.04 bits per heavy atom. The summed E-state index contributed by atoms with van der Waals surface area (Å²) < 4.78 is 5.61. The molecule has 0 fully saturated rings. The van der Waals surface area contributed by atoms with E-state index in [0.29, 0.717) is 18.0 Å². The fourth-order valence-corrected chi connectivity index (χ4v) is 2.99. The number of likely N-dealkylation sites (N-methyl/N-ethyl adjacent to an activating group) is 1. The number of rotatable bonds is 4. The molecule has 0 bridgehead atoms. The van der Waals surface area contributed by atoms with Gasteiger partial charge in [0.2, 0.25) is 11.8 Å². The van der Waals surface area contributed by atoms with Crippen molar-refractivity contribution >= 4 is 33.9 Å². The van der Waals surface area contributed by atoms with Gasteiger partial charge in [-0.25, -0.2) is 4.98 Å². The van der Waals surface area contributed by atoms with Crippen molar-refractivity contribution in [2.24, 2.45) is 0 Å². The first-order valence-corrected chi connectivity index (χ1v) is 8.46. The van der Waals surface area contributed by atoms with Gasteiger partial charge in [-0.05, 0) is 28.5 Å². The molecule has 4 heteroatoms. The topological polar surface area (TPSA) is 46.3 Å². The molecule has 0 saturated carbocycles. The Morgan fingerprint density at radius 3 is 2.69 bits per heavy atom. The van der Waals surface area contributed by atoms with Gasteiger partial charge < -0.3 is 9.32 Å². The number of nitrogens with zero attached hydrogens (tertiary/aromatic N) is 2. The maximum atomic E-state index is 12.4. The third-order valence-electron chi connectivity index (χ3n) is 4.34. The van der Waals surface area contributed by atoms with Gasteiger partial charge in [0.05, 0.1) is 0 Å². The Morgan fingerprint density at radius 2 is 1.81 bits per heavy atom. The summed E-state index contributed by atoms with van der Waals surface area (Å²) in [7, 11) is 1.79. The minimum atomic E-state index is -0.0970. The molecule has 4 nitrogen and oxygen atoms in total. The van der Waals surface area contributed by atoms with Crippen LogP contribution in [0.5, 0.6) is 0 Å². The largest absolute Gasteiger partial charge is 0.437 e. The van der Waals surface area contributed by atoms with Gasteiger partial charge >= 0.3 is 0 Å². The molecule has 1 amide bonds. The molecule has 0 saturated heterocycles. The second kappa shape index (κ2) is 6.84. The van der Waals surface area contributed by atoms with Gasteiger partial charge in [0.25, 0.3) is 0 Å². The van der Waals surface area contributed by atoms with E-state index in [1.165, 1.54) is 11.5 Å². The summed E-state index contributed by atoms with van der Waals surface area (Å²) in [5.74, 6) is 0.332. The first-order chi connectivity index (χ1) is 12.7. The Kier molecular flexibility index (Phi) is 4.23. The molecule has 0 unspecified atom stereocenters. The highest BCUT2D eigenvalue weighted by Crippen LogP contribution is 2.20. The fraction of sp³-hybridized carbons (Fsp3) is 0.0909. The quantitative estimate of drug-likeness (QED) is 0.507. The van der Waals surface area contributed by atoms with Crippen molar-refractivity contribution in [3.63, 3.8) is 0 Å². The summed E-state index contributed by atoms with van der Waals surface area (Å²) in [5, 5.41) is 2.34. The van der Waals surface area contributed by atoms with Crippen LogP contribution in [-0.4, -0.2) is 22.8 Å². The lowest BCUT2D eigenvalue weighted by Gasteiger charge is -2.16. The monoisotopic (exact) mass is 342 g/mol. The van der Waals surface area contributed by atoms with Crippen molar-refractivity contribution in [3.8, 4) is 0 Å². The van der Waals surface area contributed by atoms with Crippen molar-refractivity contribution < 1.29 is 9.21 Å². The third kappa shape index (κ3) is 3.22. The average molecular weight is 342 g/mol. The van der Waals surface area contributed by atoms with Crippen LogP contribution < -0.4 is 0 Å². The van der Waals surface area contributed by atoms with Gasteiger partial charge in [0.1, 0.15) is 5.52 Å². The van der Waals surface area contributed by atoms with Gasteiger partial charge in [0.15, 0.2) is 5.58 Å². The summed E-state index contributed by atoms with van der Waals surface area (Å²) in [6, 6.07) is 21.9. The first kappa shape index (κ1) is 16.1. The van der Waals surface area contributed by atoms with E-state index < -0.39 is 0 Å². The Hall–Kier alpha value is -3.40. The number of amides is 1. The van der Waals surface area contributed by atoms with E-state index in [0.717, 1.165) is 16.5 Å². The maximum absolute atomic E-state index is 12.4. The molecule has 0 atom stereocenters. The SMILES string of the molecule is CN(Cc1cccc2ccccc12)C(=O)/C=C/c1nc2ccccc2o1.